The van der Waals surface area contributed by atoms with Crippen LogP contribution in [0.4, 0.5) is 0 Å². The number of benzene rings is 2. The van der Waals surface area contributed by atoms with Crippen LogP contribution in [-0.2, 0) is 37.6 Å². The molecule has 2 aromatic rings. The van der Waals surface area contributed by atoms with Crippen LogP contribution in [0.2, 0.25) is 0 Å². The molecule has 0 saturated carbocycles. The molecule has 7 rings (SSSR count). The lowest BCUT2D eigenvalue weighted by Crippen LogP contribution is -2.63. The first kappa shape index (κ1) is 31.8. The van der Waals surface area contributed by atoms with Crippen molar-refractivity contribution >= 4 is 13.8 Å². The Balaban J connectivity index is 1.25. The van der Waals surface area contributed by atoms with Crippen LogP contribution in [0.5, 0.6) is 17.2 Å². The normalized spacial score (nSPS) is 34.8. The van der Waals surface area contributed by atoms with E-state index in [9.17, 15) is 19.6 Å². The van der Waals surface area contributed by atoms with Crippen LogP contribution in [0.25, 0.3) is 0 Å². The third-order valence-electron chi connectivity index (χ3n) is 9.15. The molecule has 4 N–H and O–H groups in total. The molecular weight excluding hydrogens is 631 g/mol. The molecule has 1 aliphatic carbocycles. The molecule has 10 atom stereocenters. The maximum Gasteiger partial charge on any atom is 0.472 e. The predicted molar refractivity (Wildman–Crippen MR) is 152 cm³/mol. The predicted octanol–water partition coefficient (Wildman–Crippen LogP) is 1.68. The molecule has 0 aromatic heterocycles. The molecule has 16 heteroatoms. The van der Waals surface area contributed by atoms with Gasteiger partial charge >= 0.3 is 13.8 Å². The van der Waals surface area contributed by atoms with E-state index in [4.69, 9.17) is 47.7 Å². The van der Waals surface area contributed by atoms with Crippen molar-refractivity contribution in [1.29, 1.82) is 0 Å². The van der Waals surface area contributed by atoms with E-state index >= 15 is 0 Å². The summed E-state index contributed by atoms with van der Waals surface area (Å²) in [6, 6.07) is 7.30. The van der Waals surface area contributed by atoms with Crippen LogP contribution in [0.15, 0.2) is 24.3 Å². The minimum Gasteiger partial charge on any atom is -0.466 e. The Morgan fingerprint density at radius 1 is 0.935 bits per heavy atom. The first-order valence-electron chi connectivity index (χ1n) is 14.9. The van der Waals surface area contributed by atoms with Crippen LogP contribution in [0, 0.1) is 25.7 Å². The molecule has 2 unspecified atom stereocenters. The van der Waals surface area contributed by atoms with E-state index in [-0.39, 0.29) is 20.0 Å². The van der Waals surface area contributed by atoms with Gasteiger partial charge < -0.3 is 57.9 Å². The van der Waals surface area contributed by atoms with Crippen LogP contribution in [0.1, 0.15) is 46.8 Å². The van der Waals surface area contributed by atoms with Gasteiger partial charge in [-0.2, -0.15) is 0 Å². The van der Waals surface area contributed by atoms with Gasteiger partial charge in [0, 0.05) is 11.8 Å². The van der Waals surface area contributed by atoms with Gasteiger partial charge in [-0.15, -0.1) is 0 Å². The Hall–Kier alpha value is -2.82. The molecule has 3 saturated heterocycles. The van der Waals surface area contributed by atoms with Gasteiger partial charge in [0.2, 0.25) is 6.79 Å². The highest BCUT2D eigenvalue weighted by atomic mass is 31.2. The van der Waals surface area contributed by atoms with Gasteiger partial charge in [-0.25, -0.2) is 9.09 Å². The molecule has 3 fully saturated rings. The van der Waals surface area contributed by atoms with Gasteiger partial charge in [0.15, 0.2) is 30.9 Å². The van der Waals surface area contributed by atoms with Gasteiger partial charge in [-0.3, -0.25) is 4.79 Å². The second kappa shape index (κ2) is 12.0. The van der Waals surface area contributed by atoms with Crippen molar-refractivity contribution in [2.75, 3.05) is 26.8 Å². The zero-order valence-electron chi connectivity index (χ0n) is 25.1. The van der Waals surface area contributed by atoms with Gasteiger partial charge in [0.1, 0.15) is 30.2 Å². The number of esters is 1. The van der Waals surface area contributed by atoms with Gasteiger partial charge in [0.05, 0.1) is 25.2 Å². The van der Waals surface area contributed by atoms with Gasteiger partial charge in [-0.1, -0.05) is 12.1 Å². The minimum atomic E-state index is -4.73. The summed E-state index contributed by atoms with van der Waals surface area (Å²) in [5.74, 6) is -0.791. The van der Waals surface area contributed by atoms with E-state index in [1.165, 1.54) is 0 Å². The van der Waals surface area contributed by atoms with Gasteiger partial charge in [-0.05, 0) is 60.7 Å². The second-order valence-electron chi connectivity index (χ2n) is 12.1. The highest BCUT2D eigenvalue weighted by Gasteiger charge is 2.56. The van der Waals surface area contributed by atoms with Crippen molar-refractivity contribution in [3.05, 3.63) is 52.1 Å². The summed E-state index contributed by atoms with van der Waals surface area (Å²) in [5, 5.41) is 22.0. The highest BCUT2D eigenvalue weighted by molar-refractivity contribution is 7.46. The smallest absolute Gasteiger partial charge is 0.466 e. The summed E-state index contributed by atoms with van der Waals surface area (Å²) in [6.07, 6.45) is -6.91. The number of cyclic esters (lactones) is 1. The van der Waals surface area contributed by atoms with Crippen molar-refractivity contribution in [2.45, 2.75) is 69.8 Å². The average molecular weight is 667 g/mol. The Morgan fingerprint density at radius 3 is 2.33 bits per heavy atom. The number of aliphatic hydroxyl groups excluding tert-OH is 2. The van der Waals surface area contributed by atoms with Crippen LogP contribution in [0.3, 0.4) is 0 Å². The Morgan fingerprint density at radius 2 is 1.63 bits per heavy atom. The van der Waals surface area contributed by atoms with E-state index < -0.39 is 81.4 Å². The number of phosphoric ester groups is 1. The zero-order valence-corrected chi connectivity index (χ0v) is 26.0. The molecule has 0 amide bonds. The molecule has 0 spiro atoms. The zero-order chi connectivity index (χ0) is 32.5. The fraction of sp³-hybridized carbons (Fsp3) is 0.567. The molecule has 0 radical (unpaired) electrons. The van der Waals surface area contributed by atoms with Crippen molar-refractivity contribution in [3.63, 3.8) is 0 Å². The molecule has 4 aliphatic heterocycles. The first-order valence-corrected chi connectivity index (χ1v) is 16.4. The van der Waals surface area contributed by atoms with Crippen molar-refractivity contribution in [3.8, 4) is 17.2 Å². The first-order chi connectivity index (χ1) is 21.9. The second-order valence-corrected chi connectivity index (χ2v) is 13.3. The van der Waals surface area contributed by atoms with Crippen LogP contribution >= 0.6 is 7.82 Å². The lowest BCUT2D eigenvalue weighted by atomic mass is 9.66. The summed E-state index contributed by atoms with van der Waals surface area (Å²) < 4.78 is 61.9. The number of phosphoric acid groups is 1. The van der Waals surface area contributed by atoms with E-state index in [1.807, 2.05) is 18.2 Å². The summed E-state index contributed by atoms with van der Waals surface area (Å²) >= 11 is 0. The highest BCUT2D eigenvalue weighted by Crippen LogP contribution is 2.56. The number of fused-ring (bicyclic) bond motifs is 4. The molecule has 46 heavy (non-hydrogen) atoms. The Kier molecular flexibility index (Phi) is 8.29. The maximum absolute atomic E-state index is 13.5. The van der Waals surface area contributed by atoms with Gasteiger partial charge in [0.25, 0.3) is 0 Å². The molecule has 15 nitrogen and oxygen atoms in total. The largest absolute Gasteiger partial charge is 0.472 e. The molecule has 5 aliphatic rings. The number of hydrogen-bond donors (Lipinski definition) is 4. The number of rotatable bonds is 7. The van der Waals surface area contributed by atoms with E-state index in [0.29, 0.717) is 39.5 Å². The minimum absolute atomic E-state index is 0.0163. The lowest BCUT2D eigenvalue weighted by Gasteiger charge is -2.47. The third-order valence-corrected chi connectivity index (χ3v) is 9.59. The molecular formula is C30H35O15P. The number of carbonyl (C=O) groups excluding carboxylic acids is 1. The topological polar surface area (TPSA) is 198 Å². The van der Waals surface area contributed by atoms with E-state index in [0.717, 1.165) is 5.56 Å². The summed E-state index contributed by atoms with van der Waals surface area (Å²) in [6.45, 7) is 4.79. The van der Waals surface area contributed by atoms with Crippen LogP contribution in [-0.4, -0.2) is 89.8 Å². The standard InChI is InChI=1S/C30H35O15P/c1-12-4-15(5-13(2)26(12)41-11-42-46(34,35)36)22-16-6-19-20(40-10-39-19)7-17(16)27(18-8-38-29(33)23(18)22)45-30-25(32)24(31)28-21(44-30)9-37-14(3)43-28/h4-7,14,18,21-25,27-28,30-32H,8-11H2,1-3H3,(H2,34,35,36)/t14?,18-,21+,22+,23-,24+,25+,27+,28?,30-/m0/s1. The number of hydrogen-bond acceptors (Lipinski definition) is 13. The Bertz CT molecular complexity index is 1530. The van der Waals surface area contributed by atoms with E-state index in [2.05, 4.69) is 4.52 Å². The third kappa shape index (κ3) is 5.68. The monoisotopic (exact) mass is 666 g/mol. The molecule has 0 bridgehead atoms. The number of aliphatic hydroxyl groups is 2. The summed E-state index contributed by atoms with van der Waals surface area (Å²) in [5.41, 5.74) is 3.47. The van der Waals surface area contributed by atoms with E-state index in [1.54, 1.807) is 26.8 Å². The van der Waals surface area contributed by atoms with Crippen molar-refractivity contribution in [2.24, 2.45) is 11.8 Å². The number of carbonyl (C=O) groups is 1. The molecule has 4 heterocycles. The summed E-state index contributed by atoms with van der Waals surface area (Å²) in [4.78, 5) is 31.5. The Labute approximate surface area is 263 Å². The van der Waals surface area contributed by atoms with Crippen molar-refractivity contribution < 1.29 is 71.8 Å². The van der Waals surface area contributed by atoms with Crippen molar-refractivity contribution in [1.82, 2.24) is 0 Å². The fourth-order valence-corrected chi connectivity index (χ4v) is 7.38. The molecule has 2 aromatic carbocycles. The lowest BCUT2D eigenvalue weighted by molar-refractivity contribution is -0.364. The fourth-order valence-electron chi connectivity index (χ4n) is 7.19. The number of ether oxygens (including phenoxy) is 8. The SMILES string of the molecule is Cc1cc([C@@H]2c3cc4c(cc3[C@@H](O[C@@H]3O[C@@H]5COC(C)OC5[C@H](O)[C@H]3O)[C@H]3COC(=O)[C@H]23)OCO4)cc(C)c1OCOP(=O)(O)O. The quantitative estimate of drug-likeness (QED) is 0.189. The molecule has 250 valence electrons. The summed E-state index contributed by atoms with van der Waals surface area (Å²) in [7, 11) is -4.73. The average Bonchev–Trinajstić information content (AvgIpc) is 3.62. The number of aryl methyl sites for hydroxylation is 2. The van der Waals surface area contributed by atoms with Crippen LogP contribution < -0.4 is 14.2 Å². The maximum atomic E-state index is 13.5.